The molecule has 0 aromatic carbocycles. The average Bonchev–Trinajstić information content (AvgIpc) is 2.44. The second kappa shape index (κ2) is 6.64. The Balaban J connectivity index is 3.48. The van der Waals surface area contributed by atoms with E-state index in [1.54, 1.807) is 20.8 Å². The van der Waals surface area contributed by atoms with Crippen LogP contribution >= 0.6 is 0 Å². The molecule has 1 saturated heterocycles. The molecule has 0 aromatic rings. The highest BCUT2D eigenvalue weighted by atomic mass is 32.2. The Labute approximate surface area is 149 Å². The van der Waals surface area contributed by atoms with Gasteiger partial charge in [0.15, 0.2) is 0 Å². The van der Waals surface area contributed by atoms with E-state index in [1.807, 2.05) is 0 Å². The first-order valence-electron chi connectivity index (χ1n) is 7.80. The molecule has 1 rings (SSSR count). The molecule has 1 amide bonds. The Morgan fingerprint density at radius 1 is 1.23 bits per heavy atom. The lowest BCUT2D eigenvalue weighted by molar-refractivity contribution is -0.915. The monoisotopic (exact) mass is 406 g/mol. The van der Waals surface area contributed by atoms with Crippen LogP contribution in [0, 0.1) is 5.41 Å². The minimum atomic E-state index is -6.02. The standard InChI is InChI=1S/C14H22F3NO7S/c1-5-13(10(19)20)8-18(11(21)22,12(2,3)4)7-6-9(13)25-26(23,24)14(15,16)17/h9H,5-8H2,1-4H3,(H-,19,20,21,22)/p+1. The zero-order valence-corrected chi connectivity index (χ0v) is 15.6. The van der Waals surface area contributed by atoms with Gasteiger partial charge in [-0.05, 0) is 27.2 Å². The molecular formula is C14H23F3NO7S+. The number of amides is 1. The number of rotatable bonds is 4. The van der Waals surface area contributed by atoms with E-state index in [-0.39, 0.29) is 13.0 Å². The molecule has 0 saturated carbocycles. The number of carboxylic acid groups (broad SMARTS) is 2. The number of carboxylic acids is 1. The van der Waals surface area contributed by atoms with Gasteiger partial charge in [-0.2, -0.15) is 26.4 Å². The number of piperidine rings is 1. The highest BCUT2D eigenvalue weighted by Gasteiger charge is 2.64. The molecule has 3 unspecified atom stereocenters. The maximum atomic E-state index is 12.7. The molecule has 1 aliphatic heterocycles. The number of aliphatic carboxylic acids is 1. The molecule has 152 valence electrons. The SMILES string of the molecule is CCC1(C(=O)O)C[N+](C(=O)O)(C(C)(C)C)CCC1OS(=O)(=O)C(F)(F)F. The average molecular weight is 406 g/mol. The lowest BCUT2D eigenvalue weighted by Gasteiger charge is -2.52. The van der Waals surface area contributed by atoms with Crippen LogP contribution in [0.5, 0.6) is 0 Å². The number of carbonyl (C=O) groups is 2. The van der Waals surface area contributed by atoms with Gasteiger partial charge >= 0.3 is 27.7 Å². The van der Waals surface area contributed by atoms with Gasteiger partial charge in [0.1, 0.15) is 23.6 Å². The lowest BCUT2D eigenvalue weighted by atomic mass is 9.72. The van der Waals surface area contributed by atoms with Gasteiger partial charge in [-0.3, -0.25) is 8.98 Å². The number of halogens is 3. The van der Waals surface area contributed by atoms with Crippen molar-refractivity contribution in [3.05, 3.63) is 0 Å². The van der Waals surface area contributed by atoms with Gasteiger partial charge in [-0.1, -0.05) is 6.92 Å². The number of hydrogen-bond acceptors (Lipinski definition) is 5. The molecule has 0 bridgehead atoms. The number of nitrogens with zero attached hydrogens (tertiary/aromatic N) is 1. The third-order valence-electron chi connectivity index (χ3n) is 5.17. The summed E-state index contributed by atoms with van der Waals surface area (Å²) in [5.41, 5.74) is -8.79. The predicted molar refractivity (Wildman–Crippen MR) is 82.6 cm³/mol. The summed E-state index contributed by atoms with van der Waals surface area (Å²) >= 11 is 0. The van der Waals surface area contributed by atoms with Crippen LogP contribution in [0.2, 0.25) is 0 Å². The van der Waals surface area contributed by atoms with Crippen molar-refractivity contribution in [3.8, 4) is 0 Å². The molecule has 1 fully saturated rings. The normalized spacial score (nSPS) is 30.8. The number of quaternary nitrogens is 1. The van der Waals surface area contributed by atoms with Gasteiger partial charge in [-0.15, -0.1) is 0 Å². The Morgan fingerprint density at radius 3 is 2.04 bits per heavy atom. The minimum Gasteiger partial charge on any atom is -0.481 e. The van der Waals surface area contributed by atoms with E-state index >= 15 is 0 Å². The van der Waals surface area contributed by atoms with E-state index < -0.39 is 62.2 Å². The van der Waals surface area contributed by atoms with Crippen molar-refractivity contribution in [3.63, 3.8) is 0 Å². The summed E-state index contributed by atoms with van der Waals surface area (Å²) in [5, 5.41) is 19.4. The second-order valence-electron chi connectivity index (χ2n) is 7.39. The van der Waals surface area contributed by atoms with Gasteiger partial charge in [0.25, 0.3) is 0 Å². The molecular weight excluding hydrogens is 383 g/mol. The van der Waals surface area contributed by atoms with Crippen LogP contribution in [-0.2, 0) is 19.1 Å². The summed E-state index contributed by atoms with van der Waals surface area (Å²) in [5.74, 6) is -1.60. The van der Waals surface area contributed by atoms with Crippen molar-refractivity contribution < 1.29 is 50.1 Å². The third kappa shape index (κ3) is 3.54. The van der Waals surface area contributed by atoms with Crippen LogP contribution in [0.25, 0.3) is 0 Å². The molecule has 0 aliphatic carbocycles. The molecule has 0 aromatic heterocycles. The van der Waals surface area contributed by atoms with E-state index in [9.17, 15) is 41.4 Å². The Hall–Kier alpha value is -1.40. The van der Waals surface area contributed by atoms with Gasteiger partial charge in [-0.25, -0.2) is 4.48 Å². The van der Waals surface area contributed by atoms with Crippen LogP contribution < -0.4 is 0 Å². The third-order valence-corrected chi connectivity index (χ3v) is 6.23. The molecule has 2 N–H and O–H groups in total. The van der Waals surface area contributed by atoms with Crippen molar-refractivity contribution in [2.45, 2.75) is 57.7 Å². The summed E-state index contributed by atoms with van der Waals surface area (Å²) in [7, 11) is -6.02. The largest absolute Gasteiger partial charge is 0.523 e. The molecule has 8 nitrogen and oxygen atoms in total. The predicted octanol–water partition coefficient (Wildman–Crippen LogP) is 2.40. The Bertz CT molecular complexity index is 686. The summed E-state index contributed by atoms with van der Waals surface area (Å²) in [6.45, 7) is 5.17. The second-order valence-corrected chi connectivity index (χ2v) is 8.95. The maximum Gasteiger partial charge on any atom is 0.523 e. The maximum absolute atomic E-state index is 12.7. The fraction of sp³-hybridized carbons (Fsp3) is 0.857. The minimum absolute atomic E-state index is 0.272. The molecule has 0 radical (unpaired) electrons. The zero-order chi connectivity index (χ0) is 20.8. The van der Waals surface area contributed by atoms with Gasteiger partial charge in [0.05, 0.1) is 6.54 Å². The van der Waals surface area contributed by atoms with Crippen molar-refractivity contribution in [1.82, 2.24) is 0 Å². The van der Waals surface area contributed by atoms with Crippen LogP contribution in [0.4, 0.5) is 18.0 Å². The Morgan fingerprint density at radius 2 is 1.73 bits per heavy atom. The number of alkyl halides is 3. The first kappa shape index (κ1) is 22.6. The number of likely N-dealkylation sites (tertiary alicyclic amines) is 1. The molecule has 1 aliphatic rings. The summed E-state index contributed by atoms with van der Waals surface area (Å²) < 4.78 is 64.2. The van der Waals surface area contributed by atoms with Crippen molar-refractivity contribution in [2.75, 3.05) is 13.1 Å². The highest BCUT2D eigenvalue weighted by Crippen LogP contribution is 2.45. The summed E-state index contributed by atoms with van der Waals surface area (Å²) in [6, 6.07) is 0. The molecule has 26 heavy (non-hydrogen) atoms. The van der Waals surface area contributed by atoms with Crippen molar-refractivity contribution in [1.29, 1.82) is 0 Å². The van der Waals surface area contributed by atoms with E-state index in [1.165, 1.54) is 6.92 Å². The quantitative estimate of drug-likeness (QED) is 0.418. The Kier molecular flexibility index (Phi) is 5.78. The smallest absolute Gasteiger partial charge is 0.481 e. The van der Waals surface area contributed by atoms with Crippen LogP contribution in [0.1, 0.15) is 40.5 Å². The van der Waals surface area contributed by atoms with Gasteiger partial charge < -0.3 is 10.2 Å². The summed E-state index contributed by atoms with van der Waals surface area (Å²) in [6.07, 6.45) is -3.94. The van der Waals surface area contributed by atoms with E-state index in [2.05, 4.69) is 4.18 Å². The van der Waals surface area contributed by atoms with E-state index in [0.717, 1.165) is 0 Å². The zero-order valence-electron chi connectivity index (χ0n) is 14.8. The summed E-state index contributed by atoms with van der Waals surface area (Å²) in [4.78, 5) is 23.9. The first-order chi connectivity index (χ1) is 11.5. The highest BCUT2D eigenvalue weighted by molar-refractivity contribution is 7.87. The van der Waals surface area contributed by atoms with E-state index in [0.29, 0.717) is 0 Å². The lowest BCUT2D eigenvalue weighted by Crippen LogP contribution is -2.73. The molecule has 12 heteroatoms. The molecule has 1 heterocycles. The van der Waals surface area contributed by atoms with Crippen molar-refractivity contribution >= 4 is 22.2 Å². The van der Waals surface area contributed by atoms with Gasteiger partial charge in [0.2, 0.25) is 0 Å². The number of hydrogen-bond donors (Lipinski definition) is 2. The van der Waals surface area contributed by atoms with Crippen LogP contribution in [-0.4, -0.2) is 65.4 Å². The first-order valence-corrected chi connectivity index (χ1v) is 9.21. The fourth-order valence-corrected chi connectivity index (χ4v) is 4.04. The van der Waals surface area contributed by atoms with Crippen molar-refractivity contribution in [2.24, 2.45) is 5.41 Å². The molecule has 0 spiro atoms. The fourth-order valence-electron chi connectivity index (χ4n) is 3.34. The van der Waals surface area contributed by atoms with Crippen LogP contribution in [0.3, 0.4) is 0 Å². The van der Waals surface area contributed by atoms with Crippen LogP contribution in [0.15, 0.2) is 0 Å². The topological polar surface area (TPSA) is 118 Å². The molecule has 3 atom stereocenters. The van der Waals surface area contributed by atoms with E-state index in [4.69, 9.17) is 0 Å². The van der Waals surface area contributed by atoms with Gasteiger partial charge in [0, 0.05) is 6.42 Å².